The molecule has 118 valence electrons. The van der Waals surface area contributed by atoms with Crippen molar-refractivity contribution in [2.24, 2.45) is 5.92 Å². The summed E-state index contributed by atoms with van der Waals surface area (Å²) in [4.78, 5) is 16.3. The Morgan fingerprint density at radius 2 is 2.14 bits per heavy atom. The Morgan fingerprint density at radius 1 is 1.41 bits per heavy atom. The van der Waals surface area contributed by atoms with Crippen LogP contribution in [-0.4, -0.2) is 37.9 Å². The van der Waals surface area contributed by atoms with Crippen LogP contribution in [0.15, 0.2) is 36.9 Å². The smallest absolute Gasteiger partial charge is 0.251 e. The van der Waals surface area contributed by atoms with E-state index < -0.39 is 5.60 Å². The summed E-state index contributed by atoms with van der Waals surface area (Å²) in [7, 11) is 0. The summed E-state index contributed by atoms with van der Waals surface area (Å²) < 4.78 is 1.66. The maximum Gasteiger partial charge on any atom is 0.251 e. The molecule has 0 aliphatic heterocycles. The van der Waals surface area contributed by atoms with Crippen molar-refractivity contribution in [3.63, 3.8) is 0 Å². The zero-order chi connectivity index (χ0) is 16.2. The fraction of sp³-hybridized carbons (Fsp3) is 0.438. The number of benzene rings is 1. The van der Waals surface area contributed by atoms with E-state index in [9.17, 15) is 9.90 Å². The van der Waals surface area contributed by atoms with Gasteiger partial charge in [-0.05, 0) is 24.5 Å². The van der Waals surface area contributed by atoms with Gasteiger partial charge in [0.25, 0.3) is 5.91 Å². The molecular weight excluding hydrogens is 280 g/mol. The third kappa shape index (κ3) is 3.92. The van der Waals surface area contributed by atoms with Crippen molar-refractivity contribution in [2.75, 3.05) is 6.54 Å². The first-order valence-corrected chi connectivity index (χ1v) is 7.31. The van der Waals surface area contributed by atoms with E-state index in [0.717, 1.165) is 5.56 Å². The molecule has 22 heavy (non-hydrogen) atoms. The highest BCUT2D eigenvalue weighted by Crippen LogP contribution is 2.15. The summed E-state index contributed by atoms with van der Waals surface area (Å²) in [6.07, 6.45) is 3.07. The van der Waals surface area contributed by atoms with Crippen molar-refractivity contribution in [3.05, 3.63) is 48.0 Å². The second kappa shape index (κ2) is 6.70. The van der Waals surface area contributed by atoms with E-state index in [-0.39, 0.29) is 18.4 Å². The summed E-state index contributed by atoms with van der Waals surface area (Å²) in [5, 5.41) is 17.1. The van der Waals surface area contributed by atoms with Crippen LogP contribution < -0.4 is 5.32 Å². The van der Waals surface area contributed by atoms with E-state index in [1.54, 1.807) is 24.0 Å². The van der Waals surface area contributed by atoms with Crippen molar-refractivity contribution >= 4 is 5.91 Å². The average Bonchev–Trinajstić information content (AvgIpc) is 2.98. The lowest BCUT2D eigenvalue weighted by molar-refractivity contribution is 0.0142. The maximum atomic E-state index is 12.4. The number of nitrogens with one attached hydrogen (secondary N) is 1. The lowest BCUT2D eigenvalue weighted by Gasteiger charge is -2.28. The van der Waals surface area contributed by atoms with Crippen molar-refractivity contribution in [1.29, 1.82) is 0 Å². The van der Waals surface area contributed by atoms with E-state index in [0.29, 0.717) is 12.1 Å². The molecule has 0 saturated carbocycles. The van der Waals surface area contributed by atoms with Crippen molar-refractivity contribution in [1.82, 2.24) is 20.1 Å². The Balaban J connectivity index is 2.10. The number of carbonyl (C=O) groups excluding carboxylic acids is 1. The molecule has 0 radical (unpaired) electrons. The molecule has 0 bridgehead atoms. The minimum Gasteiger partial charge on any atom is -0.388 e. The molecule has 1 aromatic heterocycles. The largest absolute Gasteiger partial charge is 0.388 e. The fourth-order valence-electron chi connectivity index (χ4n) is 1.93. The molecular formula is C16H22N4O2. The summed E-state index contributed by atoms with van der Waals surface area (Å²) in [6.45, 7) is 6.25. The maximum absolute atomic E-state index is 12.4. The van der Waals surface area contributed by atoms with Crippen LogP contribution in [0.2, 0.25) is 0 Å². The van der Waals surface area contributed by atoms with Gasteiger partial charge in [-0.25, -0.2) is 9.67 Å². The zero-order valence-electron chi connectivity index (χ0n) is 13.2. The Bertz CT molecular complexity index is 621. The van der Waals surface area contributed by atoms with Crippen LogP contribution in [0.25, 0.3) is 0 Å². The van der Waals surface area contributed by atoms with Crippen LogP contribution in [0.5, 0.6) is 0 Å². The standard InChI is InChI=1S/C16H22N4O2/c1-12(2)16(3,22)9-18-15(21)14-7-5-4-6-13(14)8-20-11-17-10-19-20/h4-7,10-12,22H,8-9H2,1-3H3,(H,18,21). The second-order valence-electron chi connectivity index (χ2n) is 5.94. The molecule has 0 fully saturated rings. The van der Waals surface area contributed by atoms with Gasteiger partial charge in [-0.3, -0.25) is 4.79 Å². The number of rotatable bonds is 6. The second-order valence-corrected chi connectivity index (χ2v) is 5.94. The fourth-order valence-corrected chi connectivity index (χ4v) is 1.93. The summed E-state index contributed by atoms with van der Waals surface area (Å²) in [6, 6.07) is 7.36. The van der Waals surface area contributed by atoms with Gasteiger partial charge in [-0.2, -0.15) is 5.10 Å². The quantitative estimate of drug-likeness (QED) is 0.846. The monoisotopic (exact) mass is 302 g/mol. The number of aromatic nitrogens is 3. The molecule has 6 nitrogen and oxygen atoms in total. The molecule has 6 heteroatoms. The van der Waals surface area contributed by atoms with Gasteiger partial charge in [0.2, 0.25) is 0 Å². The Kier molecular flexibility index (Phi) is 4.92. The predicted octanol–water partition coefficient (Wildman–Crippen LogP) is 1.46. The van der Waals surface area contributed by atoms with E-state index in [1.165, 1.54) is 6.33 Å². The van der Waals surface area contributed by atoms with E-state index in [4.69, 9.17) is 0 Å². The molecule has 2 rings (SSSR count). The van der Waals surface area contributed by atoms with Crippen molar-refractivity contribution in [3.8, 4) is 0 Å². The Labute approximate surface area is 130 Å². The summed E-state index contributed by atoms with van der Waals surface area (Å²) >= 11 is 0. The first kappa shape index (κ1) is 16.2. The van der Waals surface area contributed by atoms with Gasteiger partial charge < -0.3 is 10.4 Å². The Morgan fingerprint density at radius 3 is 2.77 bits per heavy atom. The van der Waals surface area contributed by atoms with Crippen LogP contribution in [0.4, 0.5) is 0 Å². The molecule has 1 amide bonds. The summed E-state index contributed by atoms with van der Waals surface area (Å²) in [5.74, 6) is -0.144. The van der Waals surface area contributed by atoms with Gasteiger partial charge in [0.15, 0.2) is 0 Å². The minimum absolute atomic E-state index is 0.0539. The highest BCUT2D eigenvalue weighted by atomic mass is 16.3. The van der Waals surface area contributed by atoms with Crippen LogP contribution >= 0.6 is 0 Å². The minimum atomic E-state index is -0.934. The number of aliphatic hydroxyl groups is 1. The van der Waals surface area contributed by atoms with E-state index in [1.807, 2.05) is 32.0 Å². The van der Waals surface area contributed by atoms with Gasteiger partial charge in [0.1, 0.15) is 12.7 Å². The number of nitrogens with zero attached hydrogens (tertiary/aromatic N) is 3. The molecule has 2 aromatic rings. The van der Waals surface area contributed by atoms with E-state index in [2.05, 4.69) is 15.4 Å². The van der Waals surface area contributed by atoms with Crippen LogP contribution in [-0.2, 0) is 6.54 Å². The highest BCUT2D eigenvalue weighted by molar-refractivity contribution is 5.95. The third-order valence-electron chi connectivity index (χ3n) is 3.91. The molecule has 1 aromatic carbocycles. The average molecular weight is 302 g/mol. The Hall–Kier alpha value is -2.21. The van der Waals surface area contributed by atoms with Gasteiger partial charge >= 0.3 is 0 Å². The number of amides is 1. The first-order valence-electron chi connectivity index (χ1n) is 7.31. The highest BCUT2D eigenvalue weighted by Gasteiger charge is 2.25. The summed E-state index contributed by atoms with van der Waals surface area (Å²) in [5.41, 5.74) is 0.503. The molecule has 2 N–H and O–H groups in total. The van der Waals surface area contributed by atoms with Crippen LogP contribution in [0.3, 0.4) is 0 Å². The first-order chi connectivity index (χ1) is 10.4. The molecule has 0 saturated heterocycles. The number of hydrogen-bond acceptors (Lipinski definition) is 4. The molecule has 0 aliphatic rings. The zero-order valence-corrected chi connectivity index (χ0v) is 13.2. The molecule has 1 atom stereocenters. The van der Waals surface area contributed by atoms with Crippen LogP contribution in [0.1, 0.15) is 36.7 Å². The number of hydrogen-bond donors (Lipinski definition) is 2. The van der Waals surface area contributed by atoms with Gasteiger partial charge in [0, 0.05) is 12.1 Å². The lowest BCUT2D eigenvalue weighted by Crippen LogP contribution is -2.44. The van der Waals surface area contributed by atoms with Crippen molar-refractivity contribution < 1.29 is 9.90 Å². The van der Waals surface area contributed by atoms with E-state index >= 15 is 0 Å². The number of carbonyl (C=O) groups is 1. The molecule has 1 heterocycles. The lowest BCUT2D eigenvalue weighted by atomic mass is 9.92. The topological polar surface area (TPSA) is 80.0 Å². The van der Waals surface area contributed by atoms with Gasteiger partial charge in [-0.1, -0.05) is 32.0 Å². The van der Waals surface area contributed by atoms with Crippen LogP contribution in [0, 0.1) is 5.92 Å². The molecule has 1 unspecified atom stereocenters. The SMILES string of the molecule is CC(C)C(C)(O)CNC(=O)c1ccccc1Cn1cncn1. The molecule has 0 spiro atoms. The normalized spacial score (nSPS) is 13.9. The predicted molar refractivity (Wildman–Crippen MR) is 83.4 cm³/mol. The van der Waals surface area contributed by atoms with Gasteiger partial charge in [-0.15, -0.1) is 0 Å². The van der Waals surface area contributed by atoms with Gasteiger partial charge in [0.05, 0.1) is 12.1 Å². The molecule has 0 aliphatic carbocycles. The third-order valence-corrected chi connectivity index (χ3v) is 3.91. The van der Waals surface area contributed by atoms with Crippen molar-refractivity contribution in [2.45, 2.75) is 32.9 Å².